The Labute approximate surface area is 106 Å². The van der Waals surface area contributed by atoms with E-state index in [4.69, 9.17) is 10.2 Å². The molecule has 0 saturated heterocycles. The first kappa shape index (κ1) is 12.3. The van der Waals surface area contributed by atoms with Crippen molar-refractivity contribution in [1.82, 2.24) is 4.98 Å². The number of furan rings is 1. The Kier molecular flexibility index (Phi) is 3.10. The van der Waals surface area contributed by atoms with E-state index in [0.717, 1.165) is 34.2 Å². The molecule has 2 rings (SSSR count). The predicted molar refractivity (Wildman–Crippen MR) is 71.1 cm³/mol. The van der Waals surface area contributed by atoms with Crippen LogP contribution in [0.1, 0.15) is 36.8 Å². The maximum absolute atomic E-state index is 6.20. The van der Waals surface area contributed by atoms with Gasteiger partial charge in [0.15, 0.2) is 0 Å². The van der Waals surface area contributed by atoms with E-state index >= 15 is 0 Å². The molecule has 3 nitrogen and oxygen atoms in total. The number of thiazole rings is 1. The van der Waals surface area contributed by atoms with E-state index in [1.54, 1.807) is 11.3 Å². The molecule has 0 spiro atoms. The summed E-state index contributed by atoms with van der Waals surface area (Å²) in [6.45, 7) is 8.00. The van der Waals surface area contributed by atoms with Gasteiger partial charge in [-0.2, -0.15) is 0 Å². The normalized spacial score (nSPS) is 14.9. The summed E-state index contributed by atoms with van der Waals surface area (Å²) in [4.78, 5) is 4.63. The first-order valence-corrected chi connectivity index (χ1v) is 6.64. The van der Waals surface area contributed by atoms with Crippen LogP contribution in [-0.4, -0.2) is 4.98 Å². The molecular formula is C13H18N2OS. The van der Waals surface area contributed by atoms with E-state index in [1.165, 1.54) is 0 Å². The van der Waals surface area contributed by atoms with E-state index in [1.807, 2.05) is 32.2 Å². The lowest BCUT2D eigenvalue weighted by Crippen LogP contribution is -2.31. The standard InChI is InChI=1S/C13H18N2OS/c1-5-13(4,14)12-15-11(7-17-12)10-6-8(2)16-9(10)3/h6-7H,5,14H2,1-4H3. The van der Waals surface area contributed by atoms with Crippen LogP contribution in [0.25, 0.3) is 11.3 Å². The van der Waals surface area contributed by atoms with Crippen LogP contribution < -0.4 is 5.73 Å². The van der Waals surface area contributed by atoms with Crippen molar-refractivity contribution in [3.63, 3.8) is 0 Å². The summed E-state index contributed by atoms with van der Waals surface area (Å²) >= 11 is 1.62. The summed E-state index contributed by atoms with van der Waals surface area (Å²) in [6, 6.07) is 2.02. The third-order valence-electron chi connectivity index (χ3n) is 3.04. The van der Waals surface area contributed by atoms with Gasteiger partial charge in [-0.25, -0.2) is 4.98 Å². The maximum atomic E-state index is 6.20. The average Bonchev–Trinajstić information content (AvgIpc) is 2.85. The van der Waals surface area contributed by atoms with Crippen LogP contribution >= 0.6 is 11.3 Å². The molecule has 2 aromatic heterocycles. The van der Waals surface area contributed by atoms with Crippen LogP contribution in [0.15, 0.2) is 15.9 Å². The summed E-state index contributed by atoms with van der Waals surface area (Å²) in [5.74, 6) is 1.83. The molecule has 0 fully saturated rings. The van der Waals surface area contributed by atoms with Gasteiger partial charge in [0.25, 0.3) is 0 Å². The van der Waals surface area contributed by atoms with Gasteiger partial charge in [0, 0.05) is 10.9 Å². The van der Waals surface area contributed by atoms with Crippen LogP contribution in [0, 0.1) is 13.8 Å². The molecule has 0 radical (unpaired) electrons. The third kappa shape index (κ3) is 2.28. The summed E-state index contributed by atoms with van der Waals surface area (Å²) in [7, 11) is 0. The van der Waals surface area contributed by atoms with Gasteiger partial charge in [-0.15, -0.1) is 11.3 Å². The number of aromatic nitrogens is 1. The number of rotatable bonds is 3. The lowest BCUT2D eigenvalue weighted by atomic mass is 10.0. The average molecular weight is 250 g/mol. The highest BCUT2D eigenvalue weighted by molar-refractivity contribution is 7.10. The van der Waals surface area contributed by atoms with Crippen molar-refractivity contribution in [2.24, 2.45) is 5.73 Å². The molecule has 1 unspecified atom stereocenters. The molecule has 4 heteroatoms. The van der Waals surface area contributed by atoms with Crippen molar-refractivity contribution in [2.45, 2.75) is 39.7 Å². The van der Waals surface area contributed by atoms with Gasteiger partial charge in [-0.3, -0.25) is 0 Å². The lowest BCUT2D eigenvalue weighted by Gasteiger charge is -2.18. The zero-order valence-corrected chi connectivity index (χ0v) is 11.5. The Morgan fingerprint density at radius 1 is 1.47 bits per heavy atom. The van der Waals surface area contributed by atoms with Crippen molar-refractivity contribution in [2.75, 3.05) is 0 Å². The molecule has 17 heavy (non-hydrogen) atoms. The first-order valence-electron chi connectivity index (χ1n) is 5.76. The Morgan fingerprint density at radius 2 is 2.18 bits per heavy atom. The summed E-state index contributed by atoms with van der Waals surface area (Å²) < 4.78 is 5.52. The van der Waals surface area contributed by atoms with Gasteiger partial charge >= 0.3 is 0 Å². The second kappa shape index (κ2) is 4.27. The second-order valence-electron chi connectivity index (χ2n) is 4.64. The van der Waals surface area contributed by atoms with Gasteiger partial charge < -0.3 is 10.2 Å². The minimum Gasteiger partial charge on any atom is -0.466 e. The fraction of sp³-hybridized carbons (Fsp3) is 0.462. The molecule has 2 heterocycles. The SMILES string of the molecule is CCC(C)(N)c1nc(-c2cc(C)oc2C)cs1. The number of aryl methyl sites for hydroxylation is 2. The monoisotopic (exact) mass is 250 g/mol. The first-order chi connectivity index (χ1) is 7.94. The molecule has 0 saturated carbocycles. The molecule has 0 aliphatic carbocycles. The topological polar surface area (TPSA) is 52.0 Å². The highest BCUT2D eigenvalue weighted by Gasteiger charge is 2.23. The zero-order chi connectivity index (χ0) is 12.6. The van der Waals surface area contributed by atoms with Gasteiger partial charge in [-0.1, -0.05) is 6.92 Å². The Balaban J connectivity index is 2.40. The van der Waals surface area contributed by atoms with Crippen LogP contribution in [0.4, 0.5) is 0 Å². The quantitative estimate of drug-likeness (QED) is 0.905. The van der Waals surface area contributed by atoms with Gasteiger partial charge in [0.05, 0.1) is 11.2 Å². The van der Waals surface area contributed by atoms with Gasteiger partial charge in [0.2, 0.25) is 0 Å². The molecule has 0 aromatic carbocycles. The van der Waals surface area contributed by atoms with Crippen molar-refractivity contribution in [3.05, 3.63) is 28.0 Å². The van der Waals surface area contributed by atoms with Crippen molar-refractivity contribution in [1.29, 1.82) is 0 Å². The van der Waals surface area contributed by atoms with E-state index in [-0.39, 0.29) is 5.54 Å². The third-order valence-corrected chi connectivity index (χ3v) is 4.17. The van der Waals surface area contributed by atoms with Crippen molar-refractivity contribution in [3.8, 4) is 11.3 Å². The van der Waals surface area contributed by atoms with Crippen LogP contribution in [0.3, 0.4) is 0 Å². The second-order valence-corrected chi connectivity index (χ2v) is 5.49. The maximum Gasteiger partial charge on any atom is 0.113 e. The highest BCUT2D eigenvalue weighted by Crippen LogP contribution is 2.31. The summed E-state index contributed by atoms with van der Waals surface area (Å²) in [6.07, 6.45) is 0.878. The van der Waals surface area contributed by atoms with E-state index in [9.17, 15) is 0 Å². The number of nitrogens with two attached hydrogens (primary N) is 1. The Hall–Kier alpha value is -1.13. The molecule has 1 atom stereocenters. The molecule has 0 bridgehead atoms. The number of hydrogen-bond acceptors (Lipinski definition) is 4. The molecule has 0 amide bonds. The zero-order valence-electron chi connectivity index (χ0n) is 10.7. The minimum absolute atomic E-state index is 0.338. The smallest absolute Gasteiger partial charge is 0.113 e. The molecule has 2 aromatic rings. The molecule has 0 aliphatic heterocycles. The highest BCUT2D eigenvalue weighted by atomic mass is 32.1. The van der Waals surface area contributed by atoms with Gasteiger partial charge in [0.1, 0.15) is 16.5 Å². The Morgan fingerprint density at radius 3 is 2.71 bits per heavy atom. The van der Waals surface area contributed by atoms with Crippen LogP contribution in [0.2, 0.25) is 0 Å². The summed E-state index contributed by atoms with van der Waals surface area (Å²) in [5, 5.41) is 3.03. The number of nitrogens with zero attached hydrogens (tertiary/aromatic N) is 1. The van der Waals surface area contributed by atoms with Crippen LogP contribution in [0.5, 0.6) is 0 Å². The van der Waals surface area contributed by atoms with E-state index in [0.29, 0.717) is 0 Å². The van der Waals surface area contributed by atoms with Crippen LogP contribution in [-0.2, 0) is 5.54 Å². The Bertz CT molecular complexity index is 525. The lowest BCUT2D eigenvalue weighted by molar-refractivity contribution is 0.474. The molecular weight excluding hydrogens is 232 g/mol. The van der Waals surface area contributed by atoms with Crippen molar-refractivity contribution < 1.29 is 4.42 Å². The largest absolute Gasteiger partial charge is 0.466 e. The molecule has 2 N–H and O–H groups in total. The van der Waals surface area contributed by atoms with Crippen molar-refractivity contribution >= 4 is 11.3 Å². The fourth-order valence-corrected chi connectivity index (χ4v) is 2.66. The fourth-order valence-electron chi connectivity index (χ4n) is 1.70. The summed E-state index contributed by atoms with van der Waals surface area (Å²) in [5.41, 5.74) is 7.89. The van der Waals surface area contributed by atoms with E-state index in [2.05, 4.69) is 11.9 Å². The minimum atomic E-state index is -0.338. The number of hydrogen-bond donors (Lipinski definition) is 1. The molecule has 0 aliphatic rings. The molecule has 92 valence electrons. The van der Waals surface area contributed by atoms with Gasteiger partial charge in [-0.05, 0) is 33.3 Å². The predicted octanol–water partition coefficient (Wildman–Crippen LogP) is 3.60. The van der Waals surface area contributed by atoms with E-state index < -0.39 is 0 Å².